The molecule has 0 aliphatic carbocycles. The number of ketones is 1. The first kappa shape index (κ1) is 17.3. The number of rotatable bonds is 8. The lowest BCUT2D eigenvalue weighted by Crippen LogP contribution is -2.31. The molecule has 3 rings (SSSR count). The number of benzene rings is 2. The van der Waals surface area contributed by atoms with Crippen molar-refractivity contribution in [3.05, 3.63) is 53.6 Å². The molecule has 0 radical (unpaired) electrons. The van der Waals surface area contributed by atoms with E-state index in [4.69, 9.17) is 14.2 Å². The summed E-state index contributed by atoms with van der Waals surface area (Å²) in [4.78, 5) is 11.2. The minimum Gasteiger partial charge on any atom is -0.491 e. The van der Waals surface area contributed by atoms with Crippen LogP contribution >= 0.6 is 0 Å². The molecule has 1 aliphatic rings. The zero-order valence-electron chi connectivity index (χ0n) is 14.0. The van der Waals surface area contributed by atoms with Crippen LogP contribution in [-0.4, -0.2) is 36.9 Å². The number of nitrogens with one attached hydrogen (secondary N) is 1. The van der Waals surface area contributed by atoms with E-state index < -0.39 is 6.10 Å². The number of hydrogen-bond acceptors (Lipinski definition) is 6. The quantitative estimate of drug-likeness (QED) is 0.715. The maximum Gasteiger partial charge on any atom is 0.231 e. The summed E-state index contributed by atoms with van der Waals surface area (Å²) in [6.45, 7) is 2.97. The van der Waals surface area contributed by atoms with E-state index in [0.717, 1.165) is 17.1 Å². The number of ether oxygens (including phenoxy) is 3. The number of fused-ring (bicyclic) bond motifs is 1. The largest absolute Gasteiger partial charge is 0.491 e. The highest BCUT2D eigenvalue weighted by Crippen LogP contribution is 2.32. The van der Waals surface area contributed by atoms with E-state index in [1.165, 1.54) is 6.92 Å². The molecule has 0 bridgehead atoms. The number of Topliss-reactive ketones (excluding diaryl/α,β-unsaturated/α-hetero) is 1. The summed E-state index contributed by atoms with van der Waals surface area (Å²) in [7, 11) is 0. The fourth-order valence-electron chi connectivity index (χ4n) is 2.47. The average Bonchev–Trinajstić information content (AvgIpc) is 3.08. The molecule has 2 aromatic carbocycles. The smallest absolute Gasteiger partial charge is 0.231 e. The Balaban J connectivity index is 1.39. The van der Waals surface area contributed by atoms with Crippen molar-refractivity contribution in [3.63, 3.8) is 0 Å². The third-order valence-corrected chi connectivity index (χ3v) is 3.85. The Labute approximate surface area is 146 Å². The molecule has 0 saturated heterocycles. The fraction of sp³-hybridized carbons (Fsp3) is 0.316. The molecule has 0 spiro atoms. The first-order valence-electron chi connectivity index (χ1n) is 8.13. The zero-order valence-corrected chi connectivity index (χ0v) is 14.0. The Kier molecular flexibility index (Phi) is 5.53. The van der Waals surface area contributed by atoms with E-state index >= 15 is 0 Å². The molecule has 0 amide bonds. The number of hydrogen-bond donors (Lipinski definition) is 2. The number of aliphatic hydroxyl groups excluding tert-OH is 1. The van der Waals surface area contributed by atoms with Gasteiger partial charge in [-0.1, -0.05) is 6.07 Å². The molecule has 1 aliphatic heterocycles. The third-order valence-electron chi connectivity index (χ3n) is 3.85. The molecule has 0 saturated carbocycles. The van der Waals surface area contributed by atoms with E-state index in [0.29, 0.717) is 24.4 Å². The molecule has 6 heteroatoms. The summed E-state index contributed by atoms with van der Waals surface area (Å²) < 4.78 is 16.1. The van der Waals surface area contributed by atoms with Gasteiger partial charge in [0.25, 0.3) is 0 Å². The van der Waals surface area contributed by atoms with E-state index in [9.17, 15) is 9.90 Å². The summed E-state index contributed by atoms with van der Waals surface area (Å²) in [5.74, 6) is 2.14. The average molecular weight is 343 g/mol. The van der Waals surface area contributed by atoms with Crippen LogP contribution < -0.4 is 19.5 Å². The molecule has 6 nitrogen and oxygen atoms in total. The van der Waals surface area contributed by atoms with Crippen molar-refractivity contribution < 1.29 is 24.1 Å². The summed E-state index contributed by atoms with van der Waals surface area (Å²) in [5.41, 5.74) is 1.69. The molecule has 132 valence electrons. The second-order valence-corrected chi connectivity index (χ2v) is 5.86. The van der Waals surface area contributed by atoms with Crippen molar-refractivity contribution in [1.29, 1.82) is 0 Å². The minimum absolute atomic E-state index is 0.0132. The van der Waals surface area contributed by atoms with Crippen molar-refractivity contribution in [2.24, 2.45) is 0 Å². The van der Waals surface area contributed by atoms with Crippen LogP contribution in [-0.2, 0) is 6.54 Å². The minimum atomic E-state index is -0.638. The SMILES string of the molecule is CC(=O)c1ccc(OC[C@@H](O)CNCc2ccc3c(c2)OCO3)cc1. The Morgan fingerprint density at radius 2 is 1.96 bits per heavy atom. The van der Waals surface area contributed by atoms with Crippen LogP contribution in [0.25, 0.3) is 0 Å². The molecule has 0 fully saturated rings. The highest BCUT2D eigenvalue weighted by molar-refractivity contribution is 5.94. The van der Waals surface area contributed by atoms with Crippen LogP contribution in [0.3, 0.4) is 0 Å². The fourth-order valence-corrected chi connectivity index (χ4v) is 2.47. The number of carbonyl (C=O) groups excluding carboxylic acids is 1. The maximum absolute atomic E-state index is 11.2. The molecule has 25 heavy (non-hydrogen) atoms. The van der Waals surface area contributed by atoms with Crippen LogP contribution in [0.15, 0.2) is 42.5 Å². The zero-order chi connectivity index (χ0) is 17.6. The predicted molar refractivity (Wildman–Crippen MR) is 92.2 cm³/mol. The molecule has 2 aromatic rings. The Morgan fingerprint density at radius 3 is 2.72 bits per heavy atom. The van der Waals surface area contributed by atoms with Gasteiger partial charge in [0.2, 0.25) is 6.79 Å². The van der Waals surface area contributed by atoms with Gasteiger partial charge in [0.15, 0.2) is 17.3 Å². The monoisotopic (exact) mass is 343 g/mol. The van der Waals surface area contributed by atoms with E-state index in [-0.39, 0.29) is 19.2 Å². The standard InChI is InChI=1S/C19H21NO5/c1-13(21)15-3-5-17(6-4-15)23-11-16(22)10-20-9-14-2-7-18-19(8-14)25-12-24-18/h2-8,16,20,22H,9-12H2,1H3/t16-/m0/s1. The Bertz CT molecular complexity index is 729. The first-order valence-corrected chi connectivity index (χ1v) is 8.13. The van der Waals surface area contributed by atoms with Crippen LogP contribution in [0.5, 0.6) is 17.2 Å². The highest BCUT2D eigenvalue weighted by atomic mass is 16.7. The Morgan fingerprint density at radius 1 is 1.20 bits per heavy atom. The summed E-state index contributed by atoms with van der Waals surface area (Å²) in [6.07, 6.45) is -0.638. The lowest BCUT2D eigenvalue weighted by Gasteiger charge is -2.13. The molecule has 0 unspecified atom stereocenters. The van der Waals surface area contributed by atoms with Crippen LogP contribution in [0.2, 0.25) is 0 Å². The lowest BCUT2D eigenvalue weighted by molar-refractivity contribution is 0.101. The summed E-state index contributed by atoms with van der Waals surface area (Å²) in [6, 6.07) is 12.6. The van der Waals surface area contributed by atoms with Gasteiger partial charge in [0.05, 0.1) is 0 Å². The van der Waals surface area contributed by atoms with Gasteiger partial charge in [-0.25, -0.2) is 0 Å². The van der Waals surface area contributed by atoms with E-state index in [1.54, 1.807) is 24.3 Å². The van der Waals surface area contributed by atoms with E-state index in [1.807, 2.05) is 18.2 Å². The van der Waals surface area contributed by atoms with Gasteiger partial charge in [0.1, 0.15) is 18.5 Å². The molecule has 0 aromatic heterocycles. The first-order chi connectivity index (χ1) is 12.1. The van der Waals surface area contributed by atoms with Gasteiger partial charge in [0, 0.05) is 18.7 Å². The van der Waals surface area contributed by atoms with Crippen LogP contribution in [0.4, 0.5) is 0 Å². The second-order valence-electron chi connectivity index (χ2n) is 5.86. The molecular weight excluding hydrogens is 322 g/mol. The second kappa shape index (κ2) is 8.00. The molecular formula is C19H21NO5. The highest BCUT2D eigenvalue weighted by Gasteiger charge is 2.13. The molecule has 1 heterocycles. The molecule has 2 N–H and O–H groups in total. The van der Waals surface area contributed by atoms with Gasteiger partial charge in [-0.2, -0.15) is 0 Å². The number of aliphatic hydroxyl groups is 1. The van der Waals surface area contributed by atoms with Crippen molar-refractivity contribution in [3.8, 4) is 17.2 Å². The van der Waals surface area contributed by atoms with Crippen LogP contribution in [0, 0.1) is 0 Å². The van der Waals surface area contributed by atoms with Crippen molar-refractivity contribution >= 4 is 5.78 Å². The topological polar surface area (TPSA) is 77.0 Å². The lowest BCUT2D eigenvalue weighted by atomic mass is 10.1. The Hall–Kier alpha value is -2.57. The third kappa shape index (κ3) is 4.71. The van der Waals surface area contributed by atoms with Crippen molar-refractivity contribution in [2.75, 3.05) is 19.9 Å². The number of carbonyl (C=O) groups is 1. The van der Waals surface area contributed by atoms with Crippen molar-refractivity contribution in [2.45, 2.75) is 19.6 Å². The van der Waals surface area contributed by atoms with Gasteiger partial charge >= 0.3 is 0 Å². The van der Waals surface area contributed by atoms with Gasteiger partial charge in [-0.05, 0) is 48.9 Å². The summed E-state index contributed by atoms with van der Waals surface area (Å²) in [5, 5.41) is 13.2. The van der Waals surface area contributed by atoms with E-state index in [2.05, 4.69) is 5.32 Å². The summed E-state index contributed by atoms with van der Waals surface area (Å²) >= 11 is 0. The normalized spacial score (nSPS) is 13.5. The molecule has 1 atom stereocenters. The predicted octanol–water partition coefficient (Wildman–Crippen LogP) is 2.15. The van der Waals surface area contributed by atoms with Gasteiger partial charge in [-0.3, -0.25) is 4.79 Å². The van der Waals surface area contributed by atoms with Crippen LogP contribution in [0.1, 0.15) is 22.8 Å². The van der Waals surface area contributed by atoms with Crippen molar-refractivity contribution in [1.82, 2.24) is 5.32 Å². The maximum atomic E-state index is 11.2. The van der Waals surface area contributed by atoms with Gasteiger partial charge in [-0.15, -0.1) is 0 Å². The van der Waals surface area contributed by atoms with Gasteiger partial charge < -0.3 is 24.6 Å².